The fraction of sp³-hybridized carbons (Fsp3) is 0.472. The van der Waals surface area contributed by atoms with Gasteiger partial charge in [0, 0.05) is 64.0 Å². The summed E-state index contributed by atoms with van der Waals surface area (Å²) < 4.78 is 2.02. The quantitative estimate of drug-likeness (QED) is 0.295. The number of carbonyl (C=O) groups excluding carboxylic acids is 5. The molecular weight excluding hydrogens is 652 g/mol. The molecule has 51 heavy (non-hydrogen) atoms. The van der Waals surface area contributed by atoms with E-state index in [0.717, 1.165) is 100 Å². The second-order valence-corrected chi connectivity index (χ2v) is 14.2. The lowest BCUT2D eigenvalue weighted by Crippen LogP contribution is -2.54. The molecule has 15 nitrogen and oxygen atoms in total. The summed E-state index contributed by atoms with van der Waals surface area (Å²) in [4.78, 5) is 75.1. The van der Waals surface area contributed by atoms with Gasteiger partial charge in [0.15, 0.2) is 11.5 Å². The smallest absolute Gasteiger partial charge is 0.269 e. The number of amides is 5. The Morgan fingerprint density at radius 2 is 1.63 bits per heavy atom. The number of benzene rings is 1. The molecule has 1 unspecified atom stereocenters. The molecule has 0 aliphatic carbocycles. The monoisotopic (exact) mass is 694 g/mol. The first kappa shape index (κ1) is 32.9. The maximum absolute atomic E-state index is 13.3. The van der Waals surface area contributed by atoms with Gasteiger partial charge >= 0.3 is 0 Å². The minimum absolute atomic E-state index is 0.0917. The maximum Gasteiger partial charge on any atom is 0.269 e. The Labute approximate surface area is 295 Å². The van der Waals surface area contributed by atoms with Crippen LogP contribution in [0.3, 0.4) is 0 Å². The van der Waals surface area contributed by atoms with Crippen molar-refractivity contribution in [1.82, 2.24) is 29.9 Å². The number of piperidine rings is 3. The van der Waals surface area contributed by atoms with E-state index < -0.39 is 35.6 Å². The van der Waals surface area contributed by atoms with Crippen LogP contribution in [-0.4, -0.2) is 99.4 Å². The van der Waals surface area contributed by atoms with Crippen LogP contribution in [0.2, 0.25) is 0 Å². The summed E-state index contributed by atoms with van der Waals surface area (Å²) in [5.41, 5.74) is 10.00. The molecule has 1 aromatic carbocycles. The van der Waals surface area contributed by atoms with Gasteiger partial charge in [0.25, 0.3) is 17.7 Å². The second kappa shape index (κ2) is 13.4. The number of carbonyl (C=O) groups is 5. The highest BCUT2D eigenvalue weighted by molar-refractivity contribution is 6.23. The highest BCUT2D eigenvalue weighted by Gasteiger charge is 2.45. The summed E-state index contributed by atoms with van der Waals surface area (Å²) in [5, 5.41) is 10.4. The number of nitrogens with two attached hydrogens (primary N) is 1. The highest BCUT2D eigenvalue weighted by atomic mass is 16.2. The zero-order chi connectivity index (χ0) is 35.2. The summed E-state index contributed by atoms with van der Waals surface area (Å²) in [6, 6.07) is 8.34. The third-order valence-electron chi connectivity index (χ3n) is 10.9. The summed E-state index contributed by atoms with van der Waals surface area (Å²) in [7, 11) is 0. The van der Waals surface area contributed by atoms with E-state index in [-0.39, 0.29) is 18.5 Å². The molecule has 4 N–H and O–H groups in total. The number of primary amides is 1. The molecule has 3 aromatic rings. The normalized spacial score (nSPS) is 21.5. The van der Waals surface area contributed by atoms with Gasteiger partial charge in [-0.1, -0.05) is 0 Å². The largest absolute Gasteiger partial charge is 0.371 e. The van der Waals surface area contributed by atoms with Gasteiger partial charge in [0.1, 0.15) is 6.04 Å². The standard InChI is InChI=1S/C36H42N10O5/c37-33(48)32-28(17-24(19-38-32)43-10-2-1-3-11-43)39-30-18-25-21-42(14-15-45(25)41-30)20-22-8-12-44(13-9-22)23-4-5-26-27(16-23)36(51)46(35(26)50)29-6-7-31(47)40-34(29)49/h4-5,16-19,22,29H,1-3,6-15,20-21H2,(H2,37,48)(H,39,41)(H,40,47,49). The van der Waals surface area contributed by atoms with Gasteiger partial charge in [-0.05, 0) is 68.7 Å². The summed E-state index contributed by atoms with van der Waals surface area (Å²) in [6.45, 7) is 6.98. The number of anilines is 4. The zero-order valence-corrected chi connectivity index (χ0v) is 28.5. The number of aromatic nitrogens is 3. The van der Waals surface area contributed by atoms with Gasteiger partial charge in [-0.25, -0.2) is 4.98 Å². The molecule has 1 atom stereocenters. The van der Waals surface area contributed by atoms with Crippen molar-refractivity contribution in [2.24, 2.45) is 11.7 Å². The van der Waals surface area contributed by atoms with Crippen molar-refractivity contribution < 1.29 is 24.0 Å². The third-order valence-corrected chi connectivity index (χ3v) is 10.9. The van der Waals surface area contributed by atoms with Gasteiger partial charge in [0.2, 0.25) is 11.8 Å². The molecule has 0 saturated carbocycles. The average Bonchev–Trinajstić information content (AvgIpc) is 3.65. The molecule has 8 rings (SSSR count). The SMILES string of the molecule is NC(=O)c1ncc(N2CCCCC2)cc1Nc1cc2n(n1)CCN(CC1CCN(c3ccc4c(c3)C(=O)N(C3CCC(=O)NC3=O)C4=O)CC1)C2. The van der Waals surface area contributed by atoms with Crippen LogP contribution in [0.5, 0.6) is 0 Å². The van der Waals surface area contributed by atoms with Crippen molar-refractivity contribution >= 4 is 52.4 Å². The van der Waals surface area contributed by atoms with E-state index in [2.05, 4.69) is 30.3 Å². The van der Waals surface area contributed by atoms with Crippen LogP contribution in [0.15, 0.2) is 36.5 Å². The summed E-state index contributed by atoms with van der Waals surface area (Å²) in [5.74, 6) is -1.39. The lowest BCUT2D eigenvalue weighted by atomic mass is 9.95. The van der Waals surface area contributed by atoms with Crippen molar-refractivity contribution in [3.8, 4) is 0 Å². The van der Waals surface area contributed by atoms with Crippen LogP contribution in [0.1, 0.15) is 81.8 Å². The molecule has 5 amide bonds. The molecule has 0 bridgehead atoms. The van der Waals surface area contributed by atoms with Crippen molar-refractivity contribution in [3.63, 3.8) is 0 Å². The average molecular weight is 695 g/mol. The van der Waals surface area contributed by atoms with Gasteiger partial charge in [-0.3, -0.25) is 43.8 Å². The van der Waals surface area contributed by atoms with Crippen molar-refractivity contribution in [2.45, 2.75) is 64.1 Å². The first-order valence-corrected chi connectivity index (χ1v) is 17.9. The van der Waals surface area contributed by atoms with E-state index >= 15 is 0 Å². The summed E-state index contributed by atoms with van der Waals surface area (Å²) in [6.07, 6.45) is 7.44. The Kier molecular flexibility index (Phi) is 8.66. The number of nitrogens with one attached hydrogen (secondary N) is 2. The van der Waals surface area contributed by atoms with E-state index in [9.17, 15) is 24.0 Å². The first-order chi connectivity index (χ1) is 24.7. The van der Waals surface area contributed by atoms with Crippen LogP contribution in [0.25, 0.3) is 0 Å². The fourth-order valence-electron chi connectivity index (χ4n) is 8.14. The Morgan fingerprint density at radius 3 is 2.39 bits per heavy atom. The van der Waals surface area contributed by atoms with Crippen LogP contribution in [0.4, 0.5) is 22.9 Å². The van der Waals surface area contributed by atoms with E-state index in [1.54, 1.807) is 18.3 Å². The molecular formula is C36H42N10O5. The fourth-order valence-corrected chi connectivity index (χ4v) is 8.14. The van der Waals surface area contributed by atoms with Crippen LogP contribution in [0, 0.1) is 5.92 Å². The Balaban J connectivity index is 0.871. The number of fused-ring (bicyclic) bond motifs is 2. The van der Waals surface area contributed by atoms with E-state index in [0.29, 0.717) is 28.6 Å². The van der Waals surface area contributed by atoms with Gasteiger partial charge in [-0.15, -0.1) is 0 Å². The second-order valence-electron chi connectivity index (χ2n) is 14.2. The van der Waals surface area contributed by atoms with Crippen molar-refractivity contribution in [1.29, 1.82) is 0 Å². The molecule has 5 aliphatic heterocycles. The maximum atomic E-state index is 13.3. The van der Waals surface area contributed by atoms with Crippen LogP contribution in [-0.2, 0) is 22.7 Å². The molecule has 15 heteroatoms. The van der Waals surface area contributed by atoms with E-state index in [4.69, 9.17) is 10.8 Å². The Bertz CT molecular complexity index is 1910. The lowest BCUT2D eigenvalue weighted by molar-refractivity contribution is -0.136. The topological polar surface area (TPSA) is 179 Å². The lowest BCUT2D eigenvalue weighted by Gasteiger charge is -2.37. The molecule has 5 aliphatic rings. The Morgan fingerprint density at radius 1 is 0.863 bits per heavy atom. The predicted molar refractivity (Wildman–Crippen MR) is 188 cm³/mol. The molecule has 3 saturated heterocycles. The molecule has 0 spiro atoms. The molecule has 2 aromatic heterocycles. The number of imide groups is 2. The van der Waals surface area contributed by atoms with Crippen LogP contribution < -0.4 is 26.2 Å². The van der Waals surface area contributed by atoms with E-state index in [1.807, 2.05) is 22.9 Å². The van der Waals surface area contributed by atoms with Gasteiger partial charge in [0.05, 0.1) is 40.9 Å². The first-order valence-electron chi connectivity index (χ1n) is 17.9. The molecule has 266 valence electrons. The highest BCUT2D eigenvalue weighted by Crippen LogP contribution is 2.33. The van der Waals surface area contributed by atoms with Crippen molar-refractivity contribution in [3.05, 3.63) is 59.0 Å². The minimum atomic E-state index is -0.973. The number of pyridine rings is 1. The van der Waals surface area contributed by atoms with Gasteiger partial charge in [-0.2, -0.15) is 5.10 Å². The van der Waals surface area contributed by atoms with Gasteiger partial charge < -0.3 is 20.9 Å². The number of hydrogen-bond donors (Lipinski definition) is 3. The molecule has 7 heterocycles. The molecule has 3 fully saturated rings. The third kappa shape index (κ3) is 6.41. The predicted octanol–water partition coefficient (Wildman–Crippen LogP) is 2.24. The Hall–Kier alpha value is -5.31. The number of nitrogens with zero attached hydrogens (tertiary/aromatic N) is 7. The van der Waals surface area contributed by atoms with E-state index in [1.165, 1.54) is 6.42 Å². The molecule has 0 radical (unpaired) electrons. The zero-order valence-electron chi connectivity index (χ0n) is 28.5. The van der Waals surface area contributed by atoms with Crippen molar-refractivity contribution in [2.75, 3.05) is 54.4 Å². The van der Waals surface area contributed by atoms with Crippen LogP contribution >= 0.6 is 0 Å². The number of rotatable bonds is 8. The number of hydrogen-bond acceptors (Lipinski definition) is 11. The minimum Gasteiger partial charge on any atom is -0.371 e. The summed E-state index contributed by atoms with van der Waals surface area (Å²) >= 11 is 0.